The number of hydrogen-bond acceptors (Lipinski definition) is 3. The highest BCUT2D eigenvalue weighted by molar-refractivity contribution is 5.91. The monoisotopic (exact) mass is 265 g/mol. The summed E-state index contributed by atoms with van der Waals surface area (Å²) in [6, 6.07) is 1.35. The van der Waals surface area contributed by atoms with E-state index >= 15 is 0 Å². The summed E-state index contributed by atoms with van der Waals surface area (Å²) in [6.07, 6.45) is 3.21. The number of amides is 2. The summed E-state index contributed by atoms with van der Waals surface area (Å²) in [4.78, 5) is 28.0. The van der Waals surface area contributed by atoms with E-state index in [1.54, 1.807) is 12.3 Å². The Hall–Kier alpha value is -2.11. The summed E-state index contributed by atoms with van der Waals surface area (Å²) in [6.45, 7) is 5.79. The molecule has 0 aromatic carbocycles. The van der Waals surface area contributed by atoms with Crippen molar-refractivity contribution >= 4 is 17.7 Å². The lowest BCUT2D eigenvalue weighted by Gasteiger charge is -2.23. The number of hydrogen-bond donors (Lipinski definition) is 2. The Morgan fingerprint density at radius 2 is 2.11 bits per heavy atom. The molecule has 0 spiro atoms. The fourth-order valence-electron chi connectivity index (χ4n) is 1.65. The standard InChI is InChI=1S/C13H19N3O3/c1-9(2)7-16(8-12(17)18)13(19)15-11-4-10(3)5-14-6-11/h4-6,9H,7-8H2,1-3H3,(H,15,19)(H,17,18). The van der Waals surface area contributed by atoms with Gasteiger partial charge in [-0.1, -0.05) is 13.8 Å². The van der Waals surface area contributed by atoms with Crippen molar-refractivity contribution in [2.24, 2.45) is 5.92 Å². The van der Waals surface area contributed by atoms with Crippen molar-refractivity contribution in [3.05, 3.63) is 24.0 Å². The average molecular weight is 265 g/mol. The van der Waals surface area contributed by atoms with E-state index in [2.05, 4.69) is 10.3 Å². The van der Waals surface area contributed by atoms with Crippen molar-refractivity contribution in [3.63, 3.8) is 0 Å². The van der Waals surface area contributed by atoms with Crippen LogP contribution in [-0.2, 0) is 4.79 Å². The minimum atomic E-state index is -1.03. The maximum atomic E-state index is 12.0. The van der Waals surface area contributed by atoms with E-state index in [0.29, 0.717) is 12.2 Å². The molecule has 2 amide bonds. The number of nitrogens with one attached hydrogen (secondary N) is 1. The molecule has 1 aromatic heterocycles. The van der Waals surface area contributed by atoms with Gasteiger partial charge in [0.15, 0.2) is 0 Å². The summed E-state index contributed by atoms with van der Waals surface area (Å²) < 4.78 is 0. The van der Waals surface area contributed by atoms with Gasteiger partial charge in [0.05, 0.1) is 11.9 Å². The van der Waals surface area contributed by atoms with E-state index in [-0.39, 0.29) is 12.5 Å². The smallest absolute Gasteiger partial charge is 0.323 e. The average Bonchev–Trinajstić information content (AvgIpc) is 2.26. The number of carbonyl (C=O) groups excluding carboxylic acids is 1. The minimum absolute atomic E-state index is 0.195. The molecule has 1 heterocycles. The first-order valence-electron chi connectivity index (χ1n) is 6.08. The maximum absolute atomic E-state index is 12.0. The normalized spacial score (nSPS) is 10.3. The Labute approximate surface area is 112 Å². The van der Waals surface area contributed by atoms with Gasteiger partial charge in [0.25, 0.3) is 0 Å². The largest absolute Gasteiger partial charge is 0.480 e. The molecule has 0 aliphatic heterocycles. The zero-order valence-electron chi connectivity index (χ0n) is 11.4. The second-order valence-corrected chi connectivity index (χ2v) is 4.85. The molecule has 0 bridgehead atoms. The molecule has 6 heteroatoms. The highest BCUT2D eigenvalue weighted by atomic mass is 16.4. The predicted octanol–water partition coefficient (Wildman–Crippen LogP) is 1.96. The number of aryl methyl sites for hydroxylation is 1. The lowest BCUT2D eigenvalue weighted by atomic mass is 10.2. The minimum Gasteiger partial charge on any atom is -0.480 e. The molecule has 0 aliphatic carbocycles. The third-order valence-corrected chi connectivity index (χ3v) is 2.33. The third kappa shape index (κ3) is 5.37. The number of carboxylic acids is 1. The topological polar surface area (TPSA) is 82.5 Å². The summed E-state index contributed by atoms with van der Waals surface area (Å²) in [5.74, 6) is -0.834. The number of carboxylic acid groups (broad SMARTS) is 1. The Kier molecular flexibility index (Phi) is 5.29. The first kappa shape index (κ1) is 14.9. The Morgan fingerprint density at radius 1 is 1.42 bits per heavy atom. The molecule has 0 fully saturated rings. The molecular weight excluding hydrogens is 246 g/mol. The molecule has 1 aromatic rings. The third-order valence-electron chi connectivity index (χ3n) is 2.33. The molecule has 19 heavy (non-hydrogen) atoms. The molecule has 104 valence electrons. The first-order valence-corrected chi connectivity index (χ1v) is 6.08. The van der Waals surface area contributed by atoms with Crippen LogP contribution < -0.4 is 5.32 Å². The summed E-state index contributed by atoms with van der Waals surface area (Å²) in [5.41, 5.74) is 1.48. The second kappa shape index (κ2) is 6.72. The molecule has 1 rings (SSSR count). The molecule has 0 unspecified atom stereocenters. The maximum Gasteiger partial charge on any atom is 0.323 e. The second-order valence-electron chi connectivity index (χ2n) is 4.85. The van der Waals surface area contributed by atoms with Crippen LogP contribution in [0.25, 0.3) is 0 Å². The molecule has 0 saturated heterocycles. The molecule has 0 saturated carbocycles. The van der Waals surface area contributed by atoms with Gasteiger partial charge in [0, 0.05) is 12.7 Å². The van der Waals surface area contributed by atoms with Gasteiger partial charge in [-0.2, -0.15) is 0 Å². The number of aromatic nitrogens is 1. The molecule has 0 aliphatic rings. The van der Waals surface area contributed by atoms with Crippen molar-refractivity contribution in [2.75, 3.05) is 18.4 Å². The van der Waals surface area contributed by atoms with Gasteiger partial charge >= 0.3 is 12.0 Å². The summed E-state index contributed by atoms with van der Waals surface area (Å²) >= 11 is 0. The Bertz CT molecular complexity index is 460. The predicted molar refractivity (Wildman–Crippen MR) is 72.0 cm³/mol. The first-order chi connectivity index (χ1) is 8.88. The van der Waals surface area contributed by atoms with E-state index in [0.717, 1.165) is 5.56 Å². The van der Waals surface area contributed by atoms with E-state index in [1.807, 2.05) is 20.8 Å². The van der Waals surface area contributed by atoms with Crippen LogP contribution in [0.2, 0.25) is 0 Å². The van der Waals surface area contributed by atoms with Crippen LogP contribution in [-0.4, -0.2) is 40.1 Å². The lowest BCUT2D eigenvalue weighted by Crippen LogP contribution is -2.40. The highest BCUT2D eigenvalue weighted by Gasteiger charge is 2.18. The van der Waals surface area contributed by atoms with Crippen LogP contribution >= 0.6 is 0 Å². The van der Waals surface area contributed by atoms with Crippen LogP contribution in [0.3, 0.4) is 0 Å². The van der Waals surface area contributed by atoms with Crippen molar-refractivity contribution in [1.29, 1.82) is 0 Å². The molecule has 6 nitrogen and oxygen atoms in total. The highest BCUT2D eigenvalue weighted by Crippen LogP contribution is 2.09. The number of nitrogens with zero attached hydrogens (tertiary/aromatic N) is 2. The van der Waals surface area contributed by atoms with Gasteiger partial charge in [-0.25, -0.2) is 4.79 Å². The number of anilines is 1. The van der Waals surface area contributed by atoms with E-state index in [4.69, 9.17) is 5.11 Å². The Morgan fingerprint density at radius 3 is 2.63 bits per heavy atom. The zero-order chi connectivity index (χ0) is 14.4. The number of urea groups is 1. The quantitative estimate of drug-likeness (QED) is 0.852. The van der Waals surface area contributed by atoms with Gasteiger partial charge in [-0.15, -0.1) is 0 Å². The molecule has 0 radical (unpaired) electrons. The van der Waals surface area contributed by atoms with Crippen LogP contribution in [0.1, 0.15) is 19.4 Å². The van der Waals surface area contributed by atoms with Crippen LogP contribution in [0.15, 0.2) is 18.5 Å². The SMILES string of the molecule is Cc1cncc(NC(=O)N(CC(=O)O)CC(C)C)c1. The van der Waals surface area contributed by atoms with E-state index in [9.17, 15) is 9.59 Å². The van der Waals surface area contributed by atoms with Gasteiger partial charge in [-0.3, -0.25) is 9.78 Å². The Balaban J connectivity index is 2.73. The molecule has 0 atom stereocenters. The fourth-order valence-corrected chi connectivity index (χ4v) is 1.65. The van der Waals surface area contributed by atoms with Crippen molar-refractivity contribution < 1.29 is 14.7 Å². The van der Waals surface area contributed by atoms with E-state index < -0.39 is 12.0 Å². The number of pyridine rings is 1. The van der Waals surface area contributed by atoms with Gasteiger partial charge in [0.1, 0.15) is 6.54 Å². The van der Waals surface area contributed by atoms with E-state index in [1.165, 1.54) is 11.1 Å². The number of carbonyl (C=O) groups is 2. The van der Waals surface area contributed by atoms with Crippen molar-refractivity contribution in [3.8, 4) is 0 Å². The van der Waals surface area contributed by atoms with Crippen LogP contribution in [0.5, 0.6) is 0 Å². The number of rotatable bonds is 5. The van der Waals surface area contributed by atoms with Gasteiger partial charge in [0.2, 0.25) is 0 Å². The van der Waals surface area contributed by atoms with Crippen LogP contribution in [0, 0.1) is 12.8 Å². The molecule has 2 N–H and O–H groups in total. The van der Waals surface area contributed by atoms with Crippen molar-refractivity contribution in [2.45, 2.75) is 20.8 Å². The van der Waals surface area contributed by atoms with Crippen LogP contribution in [0.4, 0.5) is 10.5 Å². The summed E-state index contributed by atoms with van der Waals surface area (Å²) in [5, 5.41) is 11.5. The van der Waals surface area contributed by atoms with Crippen molar-refractivity contribution in [1.82, 2.24) is 9.88 Å². The zero-order valence-corrected chi connectivity index (χ0v) is 11.4. The van der Waals surface area contributed by atoms with Gasteiger partial charge < -0.3 is 15.3 Å². The lowest BCUT2D eigenvalue weighted by molar-refractivity contribution is -0.137. The van der Waals surface area contributed by atoms with Gasteiger partial charge in [-0.05, 0) is 24.5 Å². The molecular formula is C13H19N3O3. The number of aliphatic carboxylic acids is 1. The summed E-state index contributed by atoms with van der Waals surface area (Å²) in [7, 11) is 0. The fraction of sp³-hybridized carbons (Fsp3) is 0.462.